The lowest BCUT2D eigenvalue weighted by molar-refractivity contribution is -0.139. The van der Waals surface area contributed by atoms with E-state index in [4.69, 9.17) is 11.5 Å². The number of unbranched alkanes of at least 4 members (excludes halogenated alkanes) is 1. The molecule has 0 aliphatic carbocycles. The summed E-state index contributed by atoms with van der Waals surface area (Å²) in [5, 5.41) is 11.5. The molecule has 3 rings (SSSR count). The molecule has 300 valence electrons. The van der Waals surface area contributed by atoms with Gasteiger partial charge in [-0.05, 0) is 75.0 Å². The summed E-state index contributed by atoms with van der Waals surface area (Å²) in [4.78, 5) is 80.3. The van der Waals surface area contributed by atoms with Gasteiger partial charge >= 0.3 is 5.97 Å². The molecule has 14 nitrogen and oxygen atoms in total. The van der Waals surface area contributed by atoms with Crippen molar-refractivity contribution >= 4 is 35.5 Å². The molecule has 1 heterocycles. The van der Waals surface area contributed by atoms with E-state index >= 15 is 0 Å². The minimum absolute atomic E-state index is 0.00715. The Morgan fingerprint density at radius 3 is 1.96 bits per heavy atom. The number of piperidine rings is 1. The number of nitrogens with zero attached hydrogens (tertiary/aromatic N) is 1. The number of methoxy groups -OCH3 is 1. The summed E-state index contributed by atoms with van der Waals surface area (Å²) in [7, 11) is 1.22. The topological polar surface area (TPSA) is 215 Å². The van der Waals surface area contributed by atoms with Crippen LogP contribution in [0.4, 0.5) is 0 Å². The molecule has 0 saturated carbocycles. The van der Waals surface area contributed by atoms with Crippen molar-refractivity contribution in [2.75, 3.05) is 26.7 Å². The molecule has 14 heteroatoms. The van der Waals surface area contributed by atoms with Crippen LogP contribution >= 0.6 is 0 Å². The predicted octanol–water partition coefficient (Wildman–Crippen LogP) is 1.66. The van der Waals surface area contributed by atoms with Gasteiger partial charge in [0, 0.05) is 37.7 Å². The van der Waals surface area contributed by atoms with Crippen LogP contribution in [-0.4, -0.2) is 97.4 Å². The van der Waals surface area contributed by atoms with Crippen LogP contribution in [-0.2, 0) is 46.3 Å². The van der Waals surface area contributed by atoms with Crippen LogP contribution in [0.2, 0.25) is 0 Å². The number of carbonyl (C=O) groups excluding carboxylic acids is 6. The van der Waals surface area contributed by atoms with E-state index in [0.29, 0.717) is 71.0 Å². The number of aryl methyl sites for hydroxylation is 1. The van der Waals surface area contributed by atoms with E-state index in [1.165, 1.54) is 7.11 Å². The Morgan fingerprint density at radius 2 is 1.36 bits per heavy atom. The SMILES string of the molecule is COC(=O)/C=C/C(=O)NC1CCN(C(=O)[C@@H](CCCCN)NC(=O)[C@@H](CC(C)C)NC(=O)[C@@H](Cc2ccccc2)NC(=O)[C@H](N)CCc2ccccc2)CC1. The Morgan fingerprint density at radius 1 is 0.782 bits per heavy atom. The number of nitrogens with one attached hydrogen (secondary N) is 4. The summed E-state index contributed by atoms with van der Waals surface area (Å²) < 4.78 is 4.51. The molecule has 0 unspecified atom stereocenters. The maximum absolute atomic E-state index is 14.0. The van der Waals surface area contributed by atoms with Crippen LogP contribution in [0.5, 0.6) is 0 Å². The van der Waals surface area contributed by atoms with Crippen LogP contribution in [0, 0.1) is 5.92 Å². The van der Waals surface area contributed by atoms with Crippen molar-refractivity contribution in [2.45, 2.75) is 102 Å². The number of hydrogen-bond acceptors (Lipinski definition) is 9. The van der Waals surface area contributed by atoms with Gasteiger partial charge in [0.1, 0.15) is 18.1 Å². The highest BCUT2D eigenvalue weighted by Crippen LogP contribution is 2.16. The molecule has 1 fully saturated rings. The van der Waals surface area contributed by atoms with Crippen molar-refractivity contribution in [2.24, 2.45) is 17.4 Å². The van der Waals surface area contributed by atoms with E-state index in [2.05, 4.69) is 26.0 Å². The van der Waals surface area contributed by atoms with Crippen molar-refractivity contribution in [1.82, 2.24) is 26.2 Å². The van der Waals surface area contributed by atoms with Crippen LogP contribution in [0.3, 0.4) is 0 Å². The van der Waals surface area contributed by atoms with Gasteiger partial charge in [0.15, 0.2) is 0 Å². The molecular formula is C41H59N7O7. The Bertz CT molecular complexity index is 1560. The zero-order chi connectivity index (χ0) is 40.2. The van der Waals surface area contributed by atoms with E-state index in [9.17, 15) is 28.8 Å². The molecule has 8 N–H and O–H groups in total. The molecule has 0 aromatic heterocycles. The third-order valence-electron chi connectivity index (χ3n) is 9.47. The second kappa shape index (κ2) is 23.6. The first-order chi connectivity index (χ1) is 26.4. The second-order valence-electron chi connectivity index (χ2n) is 14.4. The van der Waals surface area contributed by atoms with Crippen LogP contribution in [0.15, 0.2) is 72.8 Å². The van der Waals surface area contributed by atoms with Gasteiger partial charge in [-0.2, -0.15) is 0 Å². The summed E-state index contributed by atoms with van der Waals surface area (Å²) in [5.74, 6) is -2.83. The molecule has 0 spiro atoms. The lowest BCUT2D eigenvalue weighted by Gasteiger charge is -2.35. The zero-order valence-electron chi connectivity index (χ0n) is 32.3. The van der Waals surface area contributed by atoms with Crippen molar-refractivity contribution < 1.29 is 33.5 Å². The molecule has 1 saturated heterocycles. The fourth-order valence-corrected chi connectivity index (χ4v) is 6.36. The molecule has 1 aliphatic heterocycles. The van der Waals surface area contributed by atoms with Gasteiger partial charge in [-0.25, -0.2) is 4.79 Å². The van der Waals surface area contributed by atoms with Gasteiger partial charge in [0.25, 0.3) is 0 Å². The summed E-state index contributed by atoms with van der Waals surface area (Å²) in [6, 6.07) is 15.0. The molecular weight excluding hydrogens is 702 g/mol. The third kappa shape index (κ3) is 16.0. The van der Waals surface area contributed by atoms with E-state index in [1.807, 2.05) is 74.5 Å². The van der Waals surface area contributed by atoms with Crippen molar-refractivity contribution in [3.05, 3.63) is 83.9 Å². The first kappa shape index (κ1) is 44.3. The molecule has 1 aliphatic rings. The summed E-state index contributed by atoms with van der Waals surface area (Å²) in [6.07, 6.45) is 6.19. The maximum atomic E-state index is 14.0. The largest absolute Gasteiger partial charge is 0.466 e. The Balaban J connectivity index is 1.70. The lowest BCUT2D eigenvalue weighted by Crippen LogP contribution is -2.59. The number of nitrogens with two attached hydrogens (primary N) is 2. The minimum Gasteiger partial charge on any atom is -0.466 e. The summed E-state index contributed by atoms with van der Waals surface area (Å²) in [5.41, 5.74) is 13.9. The second-order valence-corrected chi connectivity index (χ2v) is 14.4. The highest BCUT2D eigenvalue weighted by atomic mass is 16.5. The van der Waals surface area contributed by atoms with Gasteiger partial charge in [-0.3, -0.25) is 24.0 Å². The van der Waals surface area contributed by atoms with Gasteiger partial charge in [-0.1, -0.05) is 74.5 Å². The highest BCUT2D eigenvalue weighted by molar-refractivity contribution is 5.95. The Labute approximate surface area is 324 Å². The smallest absolute Gasteiger partial charge is 0.330 e. The third-order valence-corrected chi connectivity index (χ3v) is 9.47. The van der Waals surface area contributed by atoms with E-state index < -0.39 is 53.8 Å². The van der Waals surface area contributed by atoms with Crippen molar-refractivity contribution in [3.8, 4) is 0 Å². The first-order valence-corrected chi connectivity index (χ1v) is 19.2. The number of hydrogen-bond donors (Lipinski definition) is 6. The standard InChI is InChI=1S/C41H59N7O7/c1-28(2)26-34(47-40(53)35(27-30-14-8-5-9-15-30)46-38(51)32(43)18-17-29-12-6-4-7-13-29)39(52)45-33(16-10-11-23-42)41(54)48-24-21-31(22-25-48)44-36(49)19-20-37(50)55-3/h4-9,12-15,19-20,28,31-35H,10-11,16-18,21-27,42-43H2,1-3H3,(H,44,49)(H,45,52)(H,46,51)(H,47,53)/b20-19+/t32-,33-,34-,35-/m1/s1. The zero-order valence-corrected chi connectivity index (χ0v) is 32.3. The van der Waals surface area contributed by atoms with Gasteiger partial charge < -0.3 is 42.4 Å². The first-order valence-electron chi connectivity index (χ1n) is 19.2. The predicted molar refractivity (Wildman–Crippen MR) is 210 cm³/mol. The van der Waals surface area contributed by atoms with Crippen molar-refractivity contribution in [3.63, 3.8) is 0 Å². The van der Waals surface area contributed by atoms with Gasteiger partial charge in [0.05, 0.1) is 13.2 Å². The normalized spacial score (nSPS) is 15.4. The van der Waals surface area contributed by atoms with E-state index in [-0.39, 0.29) is 24.3 Å². The number of likely N-dealkylation sites (tertiary alicyclic amines) is 1. The van der Waals surface area contributed by atoms with Gasteiger partial charge in [-0.15, -0.1) is 0 Å². The number of amides is 5. The fourth-order valence-electron chi connectivity index (χ4n) is 6.36. The average molecular weight is 762 g/mol. The number of carbonyl (C=O) groups is 6. The molecule has 4 atom stereocenters. The van der Waals surface area contributed by atoms with Crippen LogP contribution in [0.25, 0.3) is 0 Å². The van der Waals surface area contributed by atoms with Crippen molar-refractivity contribution in [1.29, 1.82) is 0 Å². The number of rotatable bonds is 21. The molecule has 2 aromatic rings. The molecule has 2 aromatic carbocycles. The summed E-state index contributed by atoms with van der Waals surface area (Å²) in [6.45, 7) is 5.00. The lowest BCUT2D eigenvalue weighted by atomic mass is 9.99. The quantitative estimate of drug-likeness (QED) is 0.0619. The molecule has 5 amide bonds. The van der Waals surface area contributed by atoms with Gasteiger partial charge in [0.2, 0.25) is 29.5 Å². The summed E-state index contributed by atoms with van der Waals surface area (Å²) >= 11 is 0. The Hall–Kier alpha value is -5.08. The number of esters is 1. The Kier molecular flexibility index (Phi) is 19.1. The molecule has 0 radical (unpaired) electrons. The van der Waals surface area contributed by atoms with E-state index in [1.54, 1.807) is 4.90 Å². The molecule has 0 bridgehead atoms. The minimum atomic E-state index is -1.01. The highest BCUT2D eigenvalue weighted by Gasteiger charge is 2.33. The van der Waals surface area contributed by atoms with E-state index in [0.717, 1.165) is 23.3 Å². The number of benzene rings is 2. The molecule has 55 heavy (non-hydrogen) atoms. The number of ether oxygens (including phenoxy) is 1. The monoisotopic (exact) mass is 761 g/mol. The van der Waals surface area contributed by atoms with Crippen LogP contribution in [0.1, 0.15) is 69.9 Å². The fraction of sp³-hybridized carbons (Fsp3) is 0.512. The average Bonchev–Trinajstić information content (AvgIpc) is 3.18. The maximum Gasteiger partial charge on any atom is 0.330 e. The van der Waals surface area contributed by atoms with Crippen LogP contribution < -0.4 is 32.7 Å².